The third-order valence-electron chi connectivity index (χ3n) is 3.77. The Bertz CT molecular complexity index is 342. The van der Waals surface area contributed by atoms with Gasteiger partial charge < -0.3 is 10.1 Å². The van der Waals surface area contributed by atoms with Crippen LogP contribution in [-0.4, -0.2) is 36.1 Å². The second-order valence-corrected chi connectivity index (χ2v) is 5.03. The van der Waals surface area contributed by atoms with E-state index in [2.05, 4.69) is 23.4 Å². The number of aryl methyl sites for hydroxylation is 2. The van der Waals surface area contributed by atoms with Gasteiger partial charge in [-0.15, -0.1) is 0 Å². The van der Waals surface area contributed by atoms with Crippen molar-refractivity contribution in [2.24, 2.45) is 12.5 Å². The molecule has 0 aliphatic carbocycles. The van der Waals surface area contributed by atoms with Gasteiger partial charge in [0, 0.05) is 37.5 Å². The van der Waals surface area contributed by atoms with Gasteiger partial charge in [0.1, 0.15) is 0 Å². The molecule has 4 heteroatoms. The Kier molecular flexibility index (Phi) is 4.18. The summed E-state index contributed by atoms with van der Waals surface area (Å²) in [7, 11) is 2.01. The van der Waals surface area contributed by atoms with Crippen molar-refractivity contribution in [1.29, 1.82) is 0 Å². The zero-order valence-corrected chi connectivity index (χ0v) is 10.9. The molecule has 0 saturated carbocycles. The minimum Gasteiger partial charge on any atom is -0.381 e. The van der Waals surface area contributed by atoms with E-state index in [0.29, 0.717) is 5.41 Å². The number of aromatic nitrogens is 2. The van der Waals surface area contributed by atoms with Gasteiger partial charge in [-0.05, 0) is 31.9 Å². The molecule has 96 valence electrons. The van der Waals surface area contributed by atoms with E-state index in [0.717, 1.165) is 32.7 Å². The number of hydrogen-bond donors (Lipinski definition) is 1. The van der Waals surface area contributed by atoms with E-state index in [9.17, 15) is 0 Å². The summed E-state index contributed by atoms with van der Waals surface area (Å²) in [4.78, 5) is 0. The summed E-state index contributed by atoms with van der Waals surface area (Å²) in [6.07, 6.45) is 5.32. The fourth-order valence-electron chi connectivity index (χ4n) is 2.50. The number of hydrogen-bond acceptors (Lipinski definition) is 3. The zero-order chi connectivity index (χ0) is 12.1. The van der Waals surface area contributed by atoms with Gasteiger partial charge >= 0.3 is 0 Å². The quantitative estimate of drug-likeness (QED) is 0.812. The lowest BCUT2D eigenvalue weighted by molar-refractivity contribution is 0.144. The van der Waals surface area contributed by atoms with Gasteiger partial charge in [0.05, 0.1) is 6.61 Å². The maximum absolute atomic E-state index is 5.60. The minimum absolute atomic E-state index is 0.334. The van der Waals surface area contributed by atoms with Gasteiger partial charge in [-0.3, -0.25) is 4.68 Å². The first-order valence-corrected chi connectivity index (χ1v) is 6.51. The highest BCUT2D eigenvalue weighted by Crippen LogP contribution is 2.33. The van der Waals surface area contributed by atoms with E-state index >= 15 is 0 Å². The summed E-state index contributed by atoms with van der Waals surface area (Å²) >= 11 is 0. The molecule has 0 spiro atoms. The predicted molar refractivity (Wildman–Crippen MR) is 67.9 cm³/mol. The molecule has 1 aliphatic heterocycles. The fourth-order valence-corrected chi connectivity index (χ4v) is 2.50. The normalized spacial score (nSPS) is 24.4. The predicted octanol–water partition coefficient (Wildman–Crippen LogP) is 1.37. The molecule has 0 amide bonds. The van der Waals surface area contributed by atoms with Crippen LogP contribution in [0.15, 0.2) is 12.3 Å². The van der Waals surface area contributed by atoms with Crippen LogP contribution in [0.3, 0.4) is 0 Å². The third-order valence-corrected chi connectivity index (χ3v) is 3.77. The largest absolute Gasteiger partial charge is 0.381 e. The highest BCUT2D eigenvalue weighted by atomic mass is 16.5. The molecule has 2 rings (SSSR count). The number of rotatable bonds is 6. The monoisotopic (exact) mass is 237 g/mol. The molecule has 1 unspecified atom stereocenters. The summed E-state index contributed by atoms with van der Waals surface area (Å²) in [6, 6.07) is 2.11. The van der Waals surface area contributed by atoms with E-state index < -0.39 is 0 Å². The average molecular weight is 237 g/mol. The fraction of sp³-hybridized carbons (Fsp3) is 0.769. The Balaban J connectivity index is 1.91. The summed E-state index contributed by atoms with van der Waals surface area (Å²) in [5, 5.41) is 7.69. The van der Waals surface area contributed by atoms with Gasteiger partial charge in [-0.1, -0.05) is 6.92 Å². The van der Waals surface area contributed by atoms with Crippen LogP contribution in [0.5, 0.6) is 0 Å². The van der Waals surface area contributed by atoms with E-state index in [-0.39, 0.29) is 0 Å². The van der Waals surface area contributed by atoms with Gasteiger partial charge in [-0.2, -0.15) is 5.10 Å². The lowest BCUT2D eigenvalue weighted by Crippen LogP contribution is -2.35. The van der Waals surface area contributed by atoms with Crippen molar-refractivity contribution < 1.29 is 4.74 Å². The Morgan fingerprint density at radius 1 is 1.59 bits per heavy atom. The van der Waals surface area contributed by atoms with Crippen LogP contribution >= 0.6 is 0 Å². The summed E-state index contributed by atoms with van der Waals surface area (Å²) in [5.41, 5.74) is 1.65. The van der Waals surface area contributed by atoms with Crippen LogP contribution in [0.2, 0.25) is 0 Å². The first-order valence-electron chi connectivity index (χ1n) is 6.51. The molecule has 1 atom stereocenters. The third kappa shape index (κ3) is 3.07. The lowest BCUT2D eigenvalue weighted by atomic mass is 9.82. The molecule has 0 aromatic carbocycles. The topological polar surface area (TPSA) is 39.1 Å². The first kappa shape index (κ1) is 12.6. The average Bonchev–Trinajstić information content (AvgIpc) is 2.94. The zero-order valence-electron chi connectivity index (χ0n) is 10.9. The maximum atomic E-state index is 5.60. The number of nitrogens with zero attached hydrogens (tertiary/aromatic N) is 2. The molecule has 1 saturated heterocycles. The van der Waals surface area contributed by atoms with Crippen LogP contribution in [0.25, 0.3) is 0 Å². The molecule has 1 aromatic heterocycles. The maximum Gasteiger partial charge on any atom is 0.0535 e. The molecule has 17 heavy (non-hydrogen) atoms. The van der Waals surface area contributed by atoms with E-state index in [1.807, 2.05) is 17.9 Å². The Morgan fingerprint density at radius 3 is 3.06 bits per heavy atom. The van der Waals surface area contributed by atoms with Crippen molar-refractivity contribution >= 4 is 0 Å². The van der Waals surface area contributed by atoms with Crippen molar-refractivity contribution in [3.8, 4) is 0 Å². The molecule has 1 aromatic rings. The molecule has 2 heterocycles. The molecular formula is C13H23N3O. The van der Waals surface area contributed by atoms with Crippen LogP contribution in [0.1, 0.15) is 25.5 Å². The summed E-state index contributed by atoms with van der Waals surface area (Å²) in [6.45, 7) is 6.08. The van der Waals surface area contributed by atoms with E-state index in [1.165, 1.54) is 18.5 Å². The highest BCUT2D eigenvalue weighted by Gasteiger charge is 2.34. The smallest absolute Gasteiger partial charge is 0.0535 e. The summed E-state index contributed by atoms with van der Waals surface area (Å²) < 4.78 is 7.56. The van der Waals surface area contributed by atoms with Gasteiger partial charge in [0.25, 0.3) is 0 Å². The molecule has 0 bridgehead atoms. The molecule has 0 radical (unpaired) electrons. The number of nitrogens with one attached hydrogen (secondary N) is 1. The van der Waals surface area contributed by atoms with Crippen LogP contribution in [0, 0.1) is 5.41 Å². The van der Waals surface area contributed by atoms with Gasteiger partial charge in [-0.25, -0.2) is 0 Å². The molecule has 1 aliphatic rings. The SMILES string of the molecule is CCNCC1(CCc2ccnn2C)CCOC1. The highest BCUT2D eigenvalue weighted by molar-refractivity contribution is 5.01. The molecule has 4 nitrogen and oxygen atoms in total. The summed E-state index contributed by atoms with van der Waals surface area (Å²) in [5.74, 6) is 0. The standard InChI is InChI=1S/C13H23N3O/c1-3-14-10-13(7-9-17-11-13)6-4-12-5-8-15-16(12)2/h5,8,14H,3-4,6-7,9-11H2,1-2H3. The second kappa shape index (κ2) is 5.65. The molecular weight excluding hydrogens is 214 g/mol. The molecule has 1 fully saturated rings. The van der Waals surface area contributed by atoms with Crippen LogP contribution in [0.4, 0.5) is 0 Å². The van der Waals surface area contributed by atoms with Crippen molar-refractivity contribution in [2.75, 3.05) is 26.3 Å². The Hall–Kier alpha value is -0.870. The van der Waals surface area contributed by atoms with Gasteiger partial charge in [0.2, 0.25) is 0 Å². The van der Waals surface area contributed by atoms with Crippen molar-refractivity contribution in [2.45, 2.75) is 26.2 Å². The Labute approximate surface area is 103 Å². The minimum atomic E-state index is 0.334. The van der Waals surface area contributed by atoms with E-state index in [1.54, 1.807) is 0 Å². The molecule has 1 N–H and O–H groups in total. The van der Waals surface area contributed by atoms with Crippen molar-refractivity contribution in [3.63, 3.8) is 0 Å². The van der Waals surface area contributed by atoms with Crippen LogP contribution in [-0.2, 0) is 18.2 Å². The Morgan fingerprint density at radius 2 is 2.47 bits per heavy atom. The number of ether oxygens (including phenoxy) is 1. The first-order chi connectivity index (χ1) is 8.26. The van der Waals surface area contributed by atoms with Crippen LogP contribution < -0.4 is 5.32 Å². The lowest BCUT2D eigenvalue weighted by Gasteiger charge is -2.27. The van der Waals surface area contributed by atoms with E-state index in [4.69, 9.17) is 4.74 Å². The second-order valence-electron chi connectivity index (χ2n) is 5.03. The van der Waals surface area contributed by atoms with Crippen molar-refractivity contribution in [3.05, 3.63) is 18.0 Å². The van der Waals surface area contributed by atoms with Gasteiger partial charge in [0.15, 0.2) is 0 Å². The van der Waals surface area contributed by atoms with Crippen molar-refractivity contribution in [1.82, 2.24) is 15.1 Å².